The monoisotopic (exact) mass is 896 g/mol. The van der Waals surface area contributed by atoms with E-state index in [1.807, 2.05) is 6.08 Å². The Morgan fingerprint density at radius 2 is 0.688 bits per heavy atom. The minimum absolute atomic E-state index is 0.384. The maximum Gasteiger partial charge on any atom is 0.249 e. The van der Waals surface area contributed by atoms with Gasteiger partial charge in [0.05, 0.1) is 18.8 Å². The van der Waals surface area contributed by atoms with Crippen molar-refractivity contribution in [2.24, 2.45) is 0 Å². The lowest BCUT2D eigenvalue weighted by Crippen LogP contribution is -2.48. The van der Waals surface area contributed by atoms with Gasteiger partial charge in [0, 0.05) is 0 Å². The van der Waals surface area contributed by atoms with Crippen LogP contribution in [0.1, 0.15) is 284 Å². The SMILES string of the molecule is CCCCCCCCCCC/C=C\C/C=C\CCCCCCCCCCCCC(O)C(=O)NC(CO)C(O)/C=C/CC/C=C/CC/C=C/CCCCCCCCCCCCCCCC. The molecule has 1 amide bonds. The molecule has 0 aromatic heterocycles. The number of nitrogens with one attached hydrogen (secondary N) is 1. The third-order valence-electron chi connectivity index (χ3n) is 12.8. The van der Waals surface area contributed by atoms with E-state index >= 15 is 0 Å². The standard InChI is InChI=1S/C59H109NO4/c1-3-5-7-9-11-13-15-17-19-21-23-25-27-29-30-32-34-36-38-40-42-44-46-48-50-52-54-58(63)59(64)60-56(55-61)57(62)53-51-49-47-45-43-41-39-37-35-33-31-28-26-24-22-20-18-16-14-12-10-8-6-4-2/h23,25,29-30,35,37,43,45,51,53,56-58,61-63H,3-22,24,26-28,31-34,36,38-42,44,46-50,52,54-55H2,1-2H3,(H,60,64)/b25-23-,30-29-,37-35+,45-43+,53-51+. The third kappa shape index (κ3) is 48.0. The van der Waals surface area contributed by atoms with E-state index in [-0.39, 0.29) is 6.61 Å². The fourth-order valence-electron chi connectivity index (χ4n) is 8.43. The molecule has 374 valence electrons. The van der Waals surface area contributed by atoms with Crippen molar-refractivity contribution in [1.29, 1.82) is 0 Å². The molecular weight excluding hydrogens is 787 g/mol. The first-order chi connectivity index (χ1) is 31.6. The van der Waals surface area contributed by atoms with Gasteiger partial charge in [0.2, 0.25) is 5.91 Å². The first kappa shape index (κ1) is 62.1. The van der Waals surface area contributed by atoms with Crippen LogP contribution in [0.5, 0.6) is 0 Å². The predicted octanol–water partition coefficient (Wildman–Crippen LogP) is 17.4. The zero-order valence-corrected chi connectivity index (χ0v) is 42.7. The van der Waals surface area contributed by atoms with E-state index in [4.69, 9.17) is 0 Å². The summed E-state index contributed by atoms with van der Waals surface area (Å²) in [6, 6.07) is -0.826. The molecule has 0 saturated heterocycles. The highest BCUT2D eigenvalue weighted by atomic mass is 16.3. The highest BCUT2D eigenvalue weighted by Gasteiger charge is 2.22. The number of rotatable bonds is 51. The molecule has 0 aliphatic carbocycles. The van der Waals surface area contributed by atoms with Crippen molar-refractivity contribution >= 4 is 5.91 Å². The van der Waals surface area contributed by atoms with Gasteiger partial charge in [0.25, 0.3) is 0 Å². The molecule has 5 heteroatoms. The summed E-state index contributed by atoms with van der Waals surface area (Å²) >= 11 is 0. The molecule has 0 aliphatic heterocycles. The molecule has 0 aliphatic rings. The van der Waals surface area contributed by atoms with E-state index < -0.39 is 24.2 Å². The van der Waals surface area contributed by atoms with Gasteiger partial charge in [0.15, 0.2) is 0 Å². The summed E-state index contributed by atoms with van der Waals surface area (Å²) < 4.78 is 0. The predicted molar refractivity (Wildman–Crippen MR) is 282 cm³/mol. The number of unbranched alkanes of at least 4 members (excludes halogenated alkanes) is 35. The lowest BCUT2D eigenvalue weighted by molar-refractivity contribution is -0.131. The number of allylic oxidation sites excluding steroid dienone is 9. The second-order valence-corrected chi connectivity index (χ2v) is 19.1. The normalized spacial score (nSPS) is 13.8. The van der Waals surface area contributed by atoms with E-state index in [0.717, 1.165) is 51.4 Å². The smallest absolute Gasteiger partial charge is 0.249 e. The van der Waals surface area contributed by atoms with Gasteiger partial charge in [-0.15, -0.1) is 0 Å². The summed E-state index contributed by atoms with van der Waals surface area (Å²) in [6.07, 6.45) is 72.9. The van der Waals surface area contributed by atoms with Gasteiger partial charge in [0.1, 0.15) is 6.10 Å². The summed E-state index contributed by atoms with van der Waals surface area (Å²) in [5.74, 6) is -0.519. The van der Waals surface area contributed by atoms with Gasteiger partial charge in [-0.1, -0.05) is 267 Å². The Balaban J connectivity index is 3.67. The molecular formula is C59H109NO4. The Morgan fingerprint density at radius 3 is 1.05 bits per heavy atom. The number of aliphatic hydroxyl groups excluding tert-OH is 3. The van der Waals surface area contributed by atoms with Crippen molar-refractivity contribution in [3.63, 3.8) is 0 Å². The average molecular weight is 897 g/mol. The van der Waals surface area contributed by atoms with Crippen LogP contribution in [-0.4, -0.2) is 46.1 Å². The largest absolute Gasteiger partial charge is 0.394 e. The van der Waals surface area contributed by atoms with Crippen LogP contribution in [0.4, 0.5) is 0 Å². The second-order valence-electron chi connectivity index (χ2n) is 19.1. The summed E-state index contributed by atoms with van der Waals surface area (Å²) in [4.78, 5) is 12.5. The van der Waals surface area contributed by atoms with Gasteiger partial charge < -0.3 is 20.6 Å². The second kappa shape index (κ2) is 53.7. The first-order valence-electron chi connectivity index (χ1n) is 28.1. The van der Waals surface area contributed by atoms with Crippen LogP contribution in [0.2, 0.25) is 0 Å². The molecule has 0 bridgehead atoms. The lowest BCUT2D eigenvalue weighted by atomic mass is 10.0. The maximum atomic E-state index is 12.5. The molecule has 3 atom stereocenters. The number of carbonyl (C=O) groups excluding carboxylic acids is 1. The number of carbonyl (C=O) groups is 1. The molecule has 0 fully saturated rings. The molecule has 0 aromatic carbocycles. The van der Waals surface area contributed by atoms with Crippen LogP contribution in [-0.2, 0) is 4.79 Å². The van der Waals surface area contributed by atoms with Crippen molar-refractivity contribution in [3.8, 4) is 0 Å². The van der Waals surface area contributed by atoms with E-state index in [1.165, 1.54) is 212 Å². The van der Waals surface area contributed by atoms with E-state index in [0.29, 0.717) is 6.42 Å². The molecule has 5 nitrogen and oxygen atoms in total. The van der Waals surface area contributed by atoms with Crippen molar-refractivity contribution in [3.05, 3.63) is 60.8 Å². The molecule has 3 unspecified atom stereocenters. The van der Waals surface area contributed by atoms with E-state index in [2.05, 4.69) is 67.8 Å². The highest BCUT2D eigenvalue weighted by molar-refractivity contribution is 5.80. The van der Waals surface area contributed by atoms with Crippen LogP contribution in [0, 0.1) is 0 Å². The summed E-state index contributed by atoms with van der Waals surface area (Å²) in [6.45, 7) is 4.19. The van der Waals surface area contributed by atoms with Gasteiger partial charge >= 0.3 is 0 Å². The molecule has 0 radical (unpaired) electrons. The van der Waals surface area contributed by atoms with Crippen LogP contribution >= 0.6 is 0 Å². The molecule has 0 saturated carbocycles. The van der Waals surface area contributed by atoms with Crippen LogP contribution in [0.15, 0.2) is 60.8 Å². The van der Waals surface area contributed by atoms with Crippen molar-refractivity contribution < 1.29 is 20.1 Å². The Kier molecular flexibility index (Phi) is 52.0. The van der Waals surface area contributed by atoms with Gasteiger partial charge in [-0.2, -0.15) is 0 Å². The van der Waals surface area contributed by atoms with E-state index in [1.54, 1.807) is 6.08 Å². The van der Waals surface area contributed by atoms with Crippen molar-refractivity contribution in [1.82, 2.24) is 5.32 Å². The van der Waals surface area contributed by atoms with Crippen LogP contribution in [0.25, 0.3) is 0 Å². The topological polar surface area (TPSA) is 89.8 Å². The Labute approximate surface area is 399 Å². The first-order valence-corrected chi connectivity index (χ1v) is 28.1. The summed E-state index contributed by atoms with van der Waals surface area (Å²) in [7, 11) is 0. The van der Waals surface area contributed by atoms with Crippen LogP contribution in [0.3, 0.4) is 0 Å². The molecule has 0 rings (SSSR count). The van der Waals surface area contributed by atoms with Gasteiger partial charge in [-0.05, 0) is 77.0 Å². The number of hydrogen-bond donors (Lipinski definition) is 4. The Morgan fingerprint density at radius 1 is 0.391 bits per heavy atom. The molecule has 4 N–H and O–H groups in total. The van der Waals surface area contributed by atoms with Gasteiger partial charge in [-0.3, -0.25) is 4.79 Å². The minimum atomic E-state index is -1.12. The maximum absolute atomic E-state index is 12.5. The number of hydrogen-bond acceptors (Lipinski definition) is 4. The zero-order valence-electron chi connectivity index (χ0n) is 42.7. The Hall–Kier alpha value is -1.95. The summed E-state index contributed by atoms with van der Waals surface area (Å²) in [5, 5.41) is 33.3. The molecule has 0 heterocycles. The van der Waals surface area contributed by atoms with Crippen molar-refractivity contribution in [2.75, 3.05) is 6.61 Å². The fraction of sp³-hybridized carbons (Fsp3) is 0.814. The number of amides is 1. The van der Waals surface area contributed by atoms with E-state index in [9.17, 15) is 20.1 Å². The minimum Gasteiger partial charge on any atom is -0.394 e. The van der Waals surface area contributed by atoms with Gasteiger partial charge in [-0.25, -0.2) is 0 Å². The average Bonchev–Trinajstić information content (AvgIpc) is 3.30. The lowest BCUT2D eigenvalue weighted by Gasteiger charge is -2.21. The summed E-state index contributed by atoms with van der Waals surface area (Å²) in [5.41, 5.74) is 0. The third-order valence-corrected chi connectivity index (χ3v) is 12.8. The zero-order chi connectivity index (χ0) is 46.5. The number of aliphatic hydroxyl groups is 3. The molecule has 0 spiro atoms. The molecule has 64 heavy (non-hydrogen) atoms. The van der Waals surface area contributed by atoms with Crippen LogP contribution < -0.4 is 5.32 Å². The fourth-order valence-corrected chi connectivity index (χ4v) is 8.43. The quantitative estimate of drug-likeness (QED) is 0.0362. The molecule has 0 aromatic rings. The Bertz CT molecular complexity index is 1080. The van der Waals surface area contributed by atoms with Crippen molar-refractivity contribution in [2.45, 2.75) is 302 Å². The highest BCUT2D eigenvalue weighted by Crippen LogP contribution is 2.16.